The van der Waals surface area contributed by atoms with E-state index in [0.717, 1.165) is 31.9 Å². The molecule has 8 heteroatoms. The molecule has 28 heavy (non-hydrogen) atoms. The van der Waals surface area contributed by atoms with Crippen LogP contribution in [0.4, 0.5) is 34.6 Å². The maximum absolute atomic E-state index is 6.18. The van der Waals surface area contributed by atoms with E-state index in [4.69, 9.17) is 5.73 Å². The van der Waals surface area contributed by atoms with Crippen LogP contribution in [-0.2, 0) is 0 Å². The van der Waals surface area contributed by atoms with Crippen molar-refractivity contribution in [3.63, 3.8) is 0 Å². The molecule has 2 heterocycles. The number of likely N-dealkylation sites (N-methyl/N-ethyl adjacent to an activating group) is 1. The Bertz CT molecular complexity index is 782. The van der Waals surface area contributed by atoms with Crippen LogP contribution in [0, 0.1) is 0 Å². The van der Waals surface area contributed by atoms with Gasteiger partial charge in [0.15, 0.2) is 11.6 Å². The first-order chi connectivity index (χ1) is 13.4. The van der Waals surface area contributed by atoms with Crippen molar-refractivity contribution in [1.82, 2.24) is 14.9 Å². The molecule has 1 aromatic heterocycles. The lowest BCUT2D eigenvalue weighted by Gasteiger charge is -2.34. The molecule has 0 radical (unpaired) electrons. The number of nitrogens with zero attached hydrogens (tertiary/aromatic N) is 5. The maximum Gasteiger partial charge on any atom is 0.233 e. The molecule has 1 fully saturated rings. The van der Waals surface area contributed by atoms with Crippen molar-refractivity contribution in [2.45, 2.75) is 19.9 Å². The summed E-state index contributed by atoms with van der Waals surface area (Å²) in [4.78, 5) is 16.0. The number of rotatable bonds is 6. The maximum atomic E-state index is 6.18. The first kappa shape index (κ1) is 20.0. The van der Waals surface area contributed by atoms with Gasteiger partial charge in [0.2, 0.25) is 5.95 Å². The van der Waals surface area contributed by atoms with Crippen molar-refractivity contribution in [1.29, 1.82) is 0 Å². The van der Waals surface area contributed by atoms with Crippen molar-refractivity contribution in [3.05, 3.63) is 24.3 Å². The molecule has 2 aromatic rings. The molecule has 1 aliphatic rings. The van der Waals surface area contributed by atoms with Gasteiger partial charge in [0.1, 0.15) is 5.69 Å². The van der Waals surface area contributed by atoms with Crippen LogP contribution in [0.1, 0.15) is 13.8 Å². The summed E-state index contributed by atoms with van der Waals surface area (Å²) in [5.41, 5.74) is 8.99. The zero-order valence-corrected chi connectivity index (χ0v) is 17.5. The normalized spacial score (nSPS) is 15.0. The van der Waals surface area contributed by atoms with Crippen molar-refractivity contribution in [3.8, 4) is 0 Å². The van der Waals surface area contributed by atoms with Crippen LogP contribution in [0.15, 0.2) is 24.3 Å². The Morgan fingerprint density at radius 2 is 1.64 bits per heavy atom. The summed E-state index contributed by atoms with van der Waals surface area (Å²) < 4.78 is 0. The van der Waals surface area contributed by atoms with Crippen LogP contribution in [-0.4, -0.2) is 68.2 Å². The summed E-state index contributed by atoms with van der Waals surface area (Å²) in [6, 6.07) is 8.79. The van der Waals surface area contributed by atoms with E-state index >= 15 is 0 Å². The number of nitrogens with one attached hydrogen (secondary N) is 2. The summed E-state index contributed by atoms with van der Waals surface area (Å²) in [5.74, 6) is 1.85. The third-order valence-electron chi connectivity index (χ3n) is 5.00. The van der Waals surface area contributed by atoms with E-state index in [0.29, 0.717) is 23.3 Å². The van der Waals surface area contributed by atoms with Crippen LogP contribution in [0.3, 0.4) is 0 Å². The zero-order chi connectivity index (χ0) is 20.3. The molecule has 0 unspecified atom stereocenters. The Morgan fingerprint density at radius 1 is 1.04 bits per heavy atom. The number of aromatic nitrogens is 2. The second-order valence-electron chi connectivity index (χ2n) is 7.55. The monoisotopic (exact) mass is 384 g/mol. The number of piperazine rings is 1. The molecule has 4 N–H and O–H groups in total. The van der Waals surface area contributed by atoms with Gasteiger partial charge in [-0.3, -0.25) is 0 Å². The minimum atomic E-state index is 0.225. The fourth-order valence-corrected chi connectivity index (χ4v) is 3.25. The number of hydrogen-bond donors (Lipinski definition) is 3. The van der Waals surface area contributed by atoms with Crippen molar-refractivity contribution in [2.75, 3.05) is 73.5 Å². The van der Waals surface area contributed by atoms with Gasteiger partial charge in [-0.25, -0.2) is 0 Å². The molecule has 1 aliphatic heterocycles. The minimum Gasteiger partial charge on any atom is -0.393 e. The first-order valence-corrected chi connectivity index (χ1v) is 9.78. The molecule has 0 bridgehead atoms. The second kappa shape index (κ2) is 8.52. The zero-order valence-electron chi connectivity index (χ0n) is 17.5. The van der Waals surface area contributed by atoms with E-state index in [1.165, 1.54) is 5.69 Å². The Kier molecular flexibility index (Phi) is 6.08. The van der Waals surface area contributed by atoms with Gasteiger partial charge in [0.05, 0.1) is 0 Å². The smallest absolute Gasteiger partial charge is 0.233 e. The standard InChI is InChI=1S/C20H32N8/c1-14(2)23-19-17(21)18(22-3)24-20(25-19)27(5)15-6-8-16(9-7-15)28-12-10-26(4)11-13-28/h6-9,14H,10-13,21H2,1-5H3,(H2,22,23,24,25). The summed E-state index contributed by atoms with van der Waals surface area (Å²) in [5, 5.41) is 6.35. The van der Waals surface area contributed by atoms with E-state index in [-0.39, 0.29) is 6.04 Å². The summed E-state index contributed by atoms with van der Waals surface area (Å²) in [7, 11) is 5.95. The number of hydrogen-bond acceptors (Lipinski definition) is 8. The predicted octanol–water partition coefficient (Wildman–Crippen LogP) is 2.44. The van der Waals surface area contributed by atoms with Gasteiger partial charge in [-0.15, -0.1) is 0 Å². The third kappa shape index (κ3) is 4.39. The van der Waals surface area contributed by atoms with Crippen molar-refractivity contribution in [2.24, 2.45) is 0 Å². The highest BCUT2D eigenvalue weighted by Crippen LogP contribution is 2.30. The van der Waals surface area contributed by atoms with Crippen LogP contribution < -0.4 is 26.2 Å². The molecule has 1 saturated heterocycles. The lowest BCUT2D eigenvalue weighted by molar-refractivity contribution is 0.313. The van der Waals surface area contributed by atoms with E-state index in [9.17, 15) is 0 Å². The third-order valence-corrected chi connectivity index (χ3v) is 5.00. The topological polar surface area (TPSA) is 85.6 Å². The van der Waals surface area contributed by atoms with Crippen molar-refractivity contribution >= 4 is 34.6 Å². The molecule has 0 spiro atoms. The average molecular weight is 385 g/mol. The Labute approximate surface area is 167 Å². The summed E-state index contributed by atoms with van der Waals surface area (Å²) in [6.45, 7) is 8.42. The second-order valence-corrected chi connectivity index (χ2v) is 7.55. The number of anilines is 6. The van der Waals surface area contributed by atoms with E-state index in [2.05, 4.69) is 75.6 Å². The van der Waals surface area contributed by atoms with Gasteiger partial charge >= 0.3 is 0 Å². The SMILES string of the molecule is CNc1nc(N(C)c2ccc(N3CCN(C)CC3)cc2)nc(NC(C)C)c1N. The minimum absolute atomic E-state index is 0.225. The summed E-state index contributed by atoms with van der Waals surface area (Å²) >= 11 is 0. The molecule has 8 nitrogen and oxygen atoms in total. The Morgan fingerprint density at radius 3 is 2.21 bits per heavy atom. The van der Waals surface area contributed by atoms with Gasteiger partial charge in [-0.2, -0.15) is 9.97 Å². The molecule has 0 atom stereocenters. The van der Waals surface area contributed by atoms with Crippen LogP contribution >= 0.6 is 0 Å². The van der Waals surface area contributed by atoms with Gasteiger partial charge in [0, 0.05) is 57.7 Å². The average Bonchev–Trinajstić information content (AvgIpc) is 2.69. The first-order valence-electron chi connectivity index (χ1n) is 9.78. The molecular weight excluding hydrogens is 352 g/mol. The Hall–Kier alpha value is -2.74. The lowest BCUT2D eigenvalue weighted by Crippen LogP contribution is -2.44. The fraction of sp³-hybridized carbons (Fsp3) is 0.500. The highest BCUT2D eigenvalue weighted by Gasteiger charge is 2.17. The molecule has 0 saturated carbocycles. The molecular formula is C20H32N8. The highest BCUT2D eigenvalue weighted by atomic mass is 15.3. The van der Waals surface area contributed by atoms with Gasteiger partial charge in [0.25, 0.3) is 0 Å². The molecule has 152 valence electrons. The van der Waals surface area contributed by atoms with Gasteiger partial charge < -0.3 is 31.1 Å². The summed E-state index contributed by atoms with van der Waals surface area (Å²) in [6.07, 6.45) is 0. The van der Waals surface area contributed by atoms with E-state index in [1.54, 1.807) is 0 Å². The molecule has 0 aliphatic carbocycles. The molecule has 0 amide bonds. The highest BCUT2D eigenvalue weighted by molar-refractivity contribution is 5.77. The fourth-order valence-electron chi connectivity index (χ4n) is 3.25. The quantitative estimate of drug-likeness (QED) is 0.700. The van der Waals surface area contributed by atoms with Gasteiger partial charge in [-0.1, -0.05) is 0 Å². The van der Waals surface area contributed by atoms with Gasteiger partial charge in [-0.05, 0) is 45.2 Å². The number of nitrogens with two attached hydrogens (primary N) is 1. The Balaban J connectivity index is 1.82. The van der Waals surface area contributed by atoms with Crippen LogP contribution in [0.25, 0.3) is 0 Å². The number of benzene rings is 1. The number of nitrogen functional groups attached to an aromatic ring is 1. The van der Waals surface area contributed by atoms with Crippen LogP contribution in [0.2, 0.25) is 0 Å². The predicted molar refractivity (Wildman–Crippen MR) is 119 cm³/mol. The van der Waals surface area contributed by atoms with Crippen LogP contribution in [0.5, 0.6) is 0 Å². The van der Waals surface area contributed by atoms with E-state index in [1.807, 2.05) is 19.0 Å². The molecule has 1 aromatic carbocycles. The lowest BCUT2D eigenvalue weighted by atomic mass is 10.2. The van der Waals surface area contributed by atoms with Crippen molar-refractivity contribution < 1.29 is 0 Å². The molecule has 3 rings (SSSR count). The largest absolute Gasteiger partial charge is 0.393 e. The van der Waals surface area contributed by atoms with E-state index < -0.39 is 0 Å².